The zero-order valence-corrected chi connectivity index (χ0v) is 10.9. The Morgan fingerprint density at radius 3 is 2.50 bits per heavy atom. The van der Waals surface area contributed by atoms with Crippen molar-refractivity contribution in [3.05, 3.63) is 28.3 Å². The normalized spacial score (nSPS) is 10.2. The number of methoxy groups -OCH3 is 1. The molecule has 0 aliphatic rings. The molecule has 1 aromatic rings. The molecule has 0 unspecified atom stereocenters. The zero-order chi connectivity index (χ0) is 13.7. The number of halogens is 1. The molecule has 6 heteroatoms. The van der Waals surface area contributed by atoms with Crippen molar-refractivity contribution in [2.24, 2.45) is 5.73 Å². The van der Waals surface area contributed by atoms with Gasteiger partial charge in [0.2, 0.25) is 0 Å². The number of benzene rings is 1. The molecule has 98 valence electrons. The van der Waals surface area contributed by atoms with Crippen molar-refractivity contribution >= 4 is 23.3 Å². The molecule has 0 atom stereocenters. The lowest BCUT2D eigenvalue weighted by molar-refractivity contribution is 0.0972. The summed E-state index contributed by atoms with van der Waals surface area (Å²) in [5.74, 6) is -0.746. The Balaban J connectivity index is 3.14. The van der Waals surface area contributed by atoms with Crippen molar-refractivity contribution in [1.29, 1.82) is 0 Å². The van der Waals surface area contributed by atoms with Gasteiger partial charge in [-0.05, 0) is 19.1 Å². The first-order valence-electron chi connectivity index (χ1n) is 5.24. The molecular formula is C12H14ClNO4. The van der Waals surface area contributed by atoms with Crippen molar-refractivity contribution in [1.82, 2.24) is 0 Å². The molecule has 2 N–H and O–H groups in total. The third kappa shape index (κ3) is 3.21. The minimum absolute atomic E-state index is 0.0147. The number of ether oxygens (including phenoxy) is 2. The molecule has 0 fully saturated rings. The average Bonchev–Trinajstić information content (AvgIpc) is 2.30. The Morgan fingerprint density at radius 1 is 1.33 bits per heavy atom. The van der Waals surface area contributed by atoms with Gasteiger partial charge in [0, 0.05) is 12.7 Å². The molecule has 1 rings (SSSR count). The van der Waals surface area contributed by atoms with E-state index in [9.17, 15) is 9.59 Å². The van der Waals surface area contributed by atoms with Crippen LogP contribution in [-0.4, -0.2) is 32.0 Å². The summed E-state index contributed by atoms with van der Waals surface area (Å²) in [4.78, 5) is 22.7. The summed E-state index contributed by atoms with van der Waals surface area (Å²) in [6, 6.07) is 3.00. The number of nitrogens with two attached hydrogens (primary N) is 1. The van der Waals surface area contributed by atoms with Crippen molar-refractivity contribution in [2.75, 3.05) is 20.3 Å². The lowest BCUT2D eigenvalue weighted by Gasteiger charge is -2.12. The van der Waals surface area contributed by atoms with E-state index in [-0.39, 0.29) is 28.5 Å². The van der Waals surface area contributed by atoms with E-state index in [1.165, 1.54) is 19.1 Å². The number of carbonyl (C=O) groups excluding carboxylic acids is 2. The largest absolute Gasteiger partial charge is 0.490 e. The highest BCUT2D eigenvalue weighted by Gasteiger charge is 2.19. The predicted octanol–water partition coefficient (Wildman–Crippen LogP) is 1.67. The second kappa shape index (κ2) is 6.37. The lowest BCUT2D eigenvalue weighted by Crippen LogP contribution is -2.17. The monoisotopic (exact) mass is 271 g/mol. The van der Waals surface area contributed by atoms with Gasteiger partial charge in [-0.3, -0.25) is 9.59 Å². The lowest BCUT2D eigenvalue weighted by atomic mass is 10.0. The van der Waals surface area contributed by atoms with Gasteiger partial charge in [-0.1, -0.05) is 11.6 Å². The van der Waals surface area contributed by atoms with E-state index in [4.69, 9.17) is 26.8 Å². The van der Waals surface area contributed by atoms with Gasteiger partial charge in [0.15, 0.2) is 5.78 Å². The Hall–Kier alpha value is -1.59. The Bertz CT molecular complexity index is 473. The first-order valence-corrected chi connectivity index (χ1v) is 5.61. The van der Waals surface area contributed by atoms with Crippen LogP contribution in [0.15, 0.2) is 12.1 Å². The second-order valence-electron chi connectivity index (χ2n) is 3.56. The molecule has 0 aliphatic heterocycles. The topological polar surface area (TPSA) is 78.6 Å². The highest BCUT2D eigenvalue weighted by atomic mass is 35.5. The van der Waals surface area contributed by atoms with E-state index in [0.717, 1.165) is 0 Å². The van der Waals surface area contributed by atoms with Crippen LogP contribution in [0.2, 0.25) is 5.02 Å². The van der Waals surface area contributed by atoms with Crippen LogP contribution >= 0.6 is 11.6 Å². The number of rotatable bonds is 6. The fourth-order valence-electron chi connectivity index (χ4n) is 1.44. The summed E-state index contributed by atoms with van der Waals surface area (Å²) < 4.78 is 10.2. The molecule has 5 nitrogen and oxygen atoms in total. The summed E-state index contributed by atoms with van der Waals surface area (Å²) in [5.41, 5.74) is 5.39. The molecule has 0 bridgehead atoms. The zero-order valence-electron chi connectivity index (χ0n) is 10.2. The summed E-state index contributed by atoms with van der Waals surface area (Å²) in [7, 11) is 1.54. The summed E-state index contributed by atoms with van der Waals surface area (Å²) in [5, 5.41) is 0.0475. The highest BCUT2D eigenvalue weighted by molar-refractivity contribution is 6.36. The standard InChI is InChI=1S/C12H14ClNO4/c1-7(15)8-3-4-9(18-6-5-17-2)11(13)10(8)12(14)16/h3-4H,5-6H2,1-2H3,(H2,14,16). The number of primary amides is 1. The molecular weight excluding hydrogens is 258 g/mol. The van der Waals surface area contributed by atoms with Crippen molar-refractivity contribution < 1.29 is 19.1 Å². The minimum atomic E-state index is -0.762. The van der Waals surface area contributed by atoms with Crippen LogP contribution in [0.1, 0.15) is 27.6 Å². The maximum atomic E-state index is 11.4. The van der Waals surface area contributed by atoms with Crippen molar-refractivity contribution in [3.8, 4) is 5.75 Å². The summed E-state index contributed by atoms with van der Waals surface area (Å²) in [6.45, 7) is 2.01. The van der Waals surface area contributed by atoms with Crippen molar-refractivity contribution in [3.63, 3.8) is 0 Å². The first kappa shape index (κ1) is 14.5. The summed E-state index contributed by atoms with van der Waals surface area (Å²) >= 11 is 6.01. The SMILES string of the molecule is COCCOc1ccc(C(C)=O)c(C(N)=O)c1Cl. The van der Waals surface area contributed by atoms with Crippen LogP contribution in [0.25, 0.3) is 0 Å². The molecule has 18 heavy (non-hydrogen) atoms. The molecule has 0 saturated carbocycles. The summed E-state index contributed by atoms with van der Waals surface area (Å²) in [6.07, 6.45) is 0. The van der Waals surface area contributed by atoms with Crippen LogP contribution in [0.4, 0.5) is 0 Å². The van der Waals surface area contributed by atoms with Gasteiger partial charge in [0.05, 0.1) is 17.2 Å². The van der Waals surface area contributed by atoms with Gasteiger partial charge >= 0.3 is 0 Å². The number of carbonyl (C=O) groups is 2. The Labute approximate surface area is 110 Å². The van der Waals surface area contributed by atoms with Gasteiger partial charge < -0.3 is 15.2 Å². The third-order valence-corrected chi connectivity index (χ3v) is 2.65. The minimum Gasteiger partial charge on any atom is -0.490 e. The first-order chi connectivity index (χ1) is 8.49. The third-order valence-electron chi connectivity index (χ3n) is 2.28. The van der Waals surface area contributed by atoms with Crippen LogP contribution in [0, 0.1) is 0 Å². The Kier molecular flexibility index (Phi) is 5.12. The highest BCUT2D eigenvalue weighted by Crippen LogP contribution is 2.31. The number of hydrogen-bond acceptors (Lipinski definition) is 4. The number of Topliss-reactive ketones (excluding diaryl/α,β-unsaturated/α-hetero) is 1. The van der Waals surface area contributed by atoms with Crippen LogP contribution < -0.4 is 10.5 Å². The second-order valence-corrected chi connectivity index (χ2v) is 3.94. The molecule has 1 amide bonds. The molecule has 0 saturated heterocycles. The van der Waals surface area contributed by atoms with Crippen LogP contribution in [-0.2, 0) is 4.74 Å². The predicted molar refractivity (Wildman–Crippen MR) is 67.3 cm³/mol. The van der Waals surface area contributed by atoms with Gasteiger partial charge in [-0.15, -0.1) is 0 Å². The average molecular weight is 272 g/mol. The van der Waals surface area contributed by atoms with Crippen LogP contribution in [0.3, 0.4) is 0 Å². The van der Waals surface area contributed by atoms with E-state index in [1.54, 1.807) is 7.11 Å². The maximum Gasteiger partial charge on any atom is 0.251 e. The molecule has 0 spiro atoms. The van der Waals surface area contributed by atoms with Crippen molar-refractivity contribution in [2.45, 2.75) is 6.92 Å². The van der Waals surface area contributed by atoms with E-state index in [1.807, 2.05) is 0 Å². The van der Waals surface area contributed by atoms with E-state index in [2.05, 4.69) is 0 Å². The molecule has 0 aliphatic carbocycles. The molecule has 0 radical (unpaired) electrons. The molecule has 0 heterocycles. The van der Waals surface area contributed by atoms with Gasteiger partial charge in [0.1, 0.15) is 12.4 Å². The smallest absolute Gasteiger partial charge is 0.251 e. The number of hydrogen-bond donors (Lipinski definition) is 1. The van der Waals surface area contributed by atoms with E-state index < -0.39 is 5.91 Å². The maximum absolute atomic E-state index is 11.4. The quantitative estimate of drug-likeness (QED) is 0.630. The van der Waals surface area contributed by atoms with Gasteiger partial charge in [0.25, 0.3) is 5.91 Å². The van der Waals surface area contributed by atoms with Gasteiger partial charge in [-0.25, -0.2) is 0 Å². The Morgan fingerprint density at radius 2 is 2.00 bits per heavy atom. The van der Waals surface area contributed by atoms with Gasteiger partial charge in [-0.2, -0.15) is 0 Å². The number of amides is 1. The van der Waals surface area contributed by atoms with E-state index >= 15 is 0 Å². The number of ketones is 1. The van der Waals surface area contributed by atoms with E-state index in [0.29, 0.717) is 12.4 Å². The molecule has 1 aromatic carbocycles. The molecule has 0 aromatic heterocycles. The van der Waals surface area contributed by atoms with Crippen LogP contribution in [0.5, 0.6) is 5.75 Å². The fraction of sp³-hybridized carbons (Fsp3) is 0.333. The fourth-order valence-corrected chi connectivity index (χ4v) is 1.75.